The van der Waals surface area contributed by atoms with E-state index in [9.17, 15) is 0 Å². The van der Waals surface area contributed by atoms with Gasteiger partial charge in [0.15, 0.2) is 0 Å². The van der Waals surface area contributed by atoms with Crippen LogP contribution in [0.4, 0.5) is 22.7 Å². The normalized spacial score (nSPS) is 12.1. The first-order valence-corrected chi connectivity index (χ1v) is 11.7. The van der Waals surface area contributed by atoms with Gasteiger partial charge in [0.05, 0.1) is 37.8 Å². The Balaban J connectivity index is 1.80. The van der Waals surface area contributed by atoms with Crippen molar-refractivity contribution in [1.29, 1.82) is 0 Å². The van der Waals surface area contributed by atoms with Crippen LogP contribution in [0.2, 0.25) is 0 Å². The fraction of sp³-hybridized carbons (Fsp3) is 0.500. The van der Waals surface area contributed by atoms with Gasteiger partial charge in [0.2, 0.25) is 0 Å². The maximum atomic E-state index is 5.30. The van der Waals surface area contributed by atoms with Crippen LogP contribution in [0.15, 0.2) is 46.2 Å². The van der Waals surface area contributed by atoms with Crippen LogP contribution in [0, 0.1) is 0 Å². The average molecular weight is 462 g/mol. The molecule has 0 unspecified atom stereocenters. The third-order valence-electron chi connectivity index (χ3n) is 5.41. The first kappa shape index (κ1) is 24.7. The molecular weight excluding hydrogens is 426 g/mol. The van der Waals surface area contributed by atoms with Crippen LogP contribution in [-0.4, -0.2) is 81.0 Å². The minimum atomic E-state index is 0.678. The number of fused-ring (bicyclic) bond motifs is 2. The molecule has 0 saturated heterocycles. The first-order chi connectivity index (χ1) is 15.7. The molecule has 0 fully saturated rings. The molecule has 7 nitrogen and oxygen atoms in total. The van der Waals surface area contributed by atoms with Crippen LogP contribution < -0.4 is 15.1 Å². The van der Waals surface area contributed by atoms with E-state index in [0.29, 0.717) is 26.4 Å². The van der Waals surface area contributed by atoms with E-state index >= 15 is 0 Å². The van der Waals surface area contributed by atoms with Crippen molar-refractivity contribution in [2.24, 2.45) is 0 Å². The number of nitrogens with one attached hydrogen (secondary N) is 1. The van der Waals surface area contributed by atoms with E-state index in [1.165, 1.54) is 21.2 Å². The second-order valence-corrected chi connectivity index (χ2v) is 8.62. The fourth-order valence-electron chi connectivity index (χ4n) is 3.60. The van der Waals surface area contributed by atoms with Crippen LogP contribution in [0.1, 0.15) is 0 Å². The van der Waals surface area contributed by atoms with Gasteiger partial charge in [-0.1, -0.05) is 11.8 Å². The predicted octanol–water partition coefficient (Wildman–Crippen LogP) is 4.09. The zero-order valence-corrected chi connectivity index (χ0v) is 20.4. The number of ether oxygens (including phenoxy) is 4. The second kappa shape index (κ2) is 12.9. The van der Waals surface area contributed by atoms with Crippen molar-refractivity contribution in [3.63, 3.8) is 0 Å². The monoisotopic (exact) mass is 461 g/mol. The zero-order chi connectivity index (χ0) is 22.8. The number of rotatable bonds is 14. The van der Waals surface area contributed by atoms with Gasteiger partial charge in [-0.05, 0) is 36.4 Å². The molecule has 176 valence electrons. The molecule has 1 heterocycles. The maximum Gasteiger partial charge on any atom is 0.0637 e. The molecule has 1 aliphatic rings. The Bertz CT molecular complexity index is 768. The topological polar surface area (TPSA) is 55.4 Å². The van der Waals surface area contributed by atoms with E-state index in [2.05, 4.69) is 51.5 Å². The Morgan fingerprint density at radius 1 is 0.625 bits per heavy atom. The lowest BCUT2D eigenvalue weighted by molar-refractivity contribution is 0.190. The minimum absolute atomic E-state index is 0.678. The predicted molar refractivity (Wildman–Crippen MR) is 132 cm³/mol. The lowest BCUT2D eigenvalue weighted by Gasteiger charge is -2.29. The molecule has 0 radical (unpaired) electrons. The summed E-state index contributed by atoms with van der Waals surface area (Å²) in [5.74, 6) is 0. The highest BCUT2D eigenvalue weighted by Gasteiger charge is 2.19. The molecule has 0 atom stereocenters. The van der Waals surface area contributed by atoms with Crippen molar-refractivity contribution in [2.75, 3.05) is 96.2 Å². The number of anilines is 4. The molecule has 2 aromatic rings. The van der Waals surface area contributed by atoms with E-state index in [1.54, 1.807) is 40.2 Å². The Kier molecular flexibility index (Phi) is 9.95. The second-order valence-electron chi connectivity index (χ2n) is 7.53. The molecule has 1 aliphatic heterocycles. The number of benzene rings is 2. The quantitative estimate of drug-likeness (QED) is 0.385. The number of methoxy groups -OCH3 is 4. The fourth-order valence-corrected chi connectivity index (χ4v) is 4.65. The standard InChI is InChI=1S/C24H35N3O4S/c1-28-13-9-26(10-14-29-2)19-5-7-21-23(17-19)32-24-18-20(6-8-22(24)25-21)27(11-15-30-3)12-16-31-4/h5-8,17-18,25H,9-16H2,1-4H3. The third-order valence-corrected chi connectivity index (χ3v) is 6.53. The van der Waals surface area contributed by atoms with Crippen molar-refractivity contribution in [3.05, 3.63) is 36.4 Å². The summed E-state index contributed by atoms with van der Waals surface area (Å²) >= 11 is 1.80. The van der Waals surface area contributed by atoms with Gasteiger partial charge in [0.25, 0.3) is 0 Å². The van der Waals surface area contributed by atoms with Crippen LogP contribution in [0.5, 0.6) is 0 Å². The van der Waals surface area contributed by atoms with Crippen LogP contribution in [0.25, 0.3) is 0 Å². The molecule has 2 aromatic carbocycles. The van der Waals surface area contributed by atoms with Crippen LogP contribution >= 0.6 is 11.8 Å². The highest BCUT2D eigenvalue weighted by atomic mass is 32.2. The largest absolute Gasteiger partial charge is 0.383 e. The summed E-state index contributed by atoms with van der Waals surface area (Å²) in [5, 5.41) is 3.59. The van der Waals surface area contributed by atoms with Gasteiger partial charge in [0, 0.05) is 75.8 Å². The molecule has 0 amide bonds. The highest BCUT2D eigenvalue weighted by Crippen LogP contribution is 2.46. The Hall–Kier alpha value is -1.97. The van der Waals surface area contributed by atoms with Crippen molar-refractivity contribution in [1.82, 2.24) is 0 Å². The average Bonchev–Trinajstić information content (AvgIpc) is 2.82. The summed E-state index contributed by atoms with van der Waals surface area (Å²) in [6.45, 7) is 6.01. The first-order valence-electron chi connectivity index (χ1n) is 10.9. The van der Waals surface area contributed by atoms with Crippen molar-refractivity contribution in [3.8, 4) is 0 Å². The molecule has 0 bridgehead atoms. The number of hydrogen-bond donors (Lipinski definition) is 1. The molecule has 0 saturated carbocycles. The van der Waals surface area contributed by atoms with Gasteiger partial charge in [-0.2, -0.15) is 0 Å². The molecule has 0 spiro atoms. The third kappa shape index (κ3) is 6.52. The van der Waals surface area contributed by atoms with E-state index in [-0.39, 0.29) is 0 Å². The highest BCUT2D eigenvalue weighted by molar-refractivity contribution is 7.99. The maximum absolute atomic E-state index is 5.30. The van der Waals surface area contributed by atoms with E-state index in [0.717, 1.165) is 37.6 Å². The smallest absolute Gasteiger partial charge is 0.0637 e. The molecular formula is C24H35N3O4S. The molecule has 32 heavy (non-hydrogen) atoms. The van der Waals surface area contributed by atoms with E-state index in [4.69, 9.17) is 18.9 Å². The Morgan fingerprint density at radius 3 is 1.34 bits per heavy atom. The molecule has 0 aromatic heterocycles. The Labute approximate surface area is 196 Å². The van der Waals surface area contributed by atoms with Crippen molar-refractivity contribution >= 4 is 34.5 Å². The number of hydrogen-bond acceptors (Lipinski definition) is 8. The Morgan fingerprint density at radius 2 is 1.00 bits per heavy atom. The summed E-state index contributed by atoms with van der Waals surface area (Å²) in [6, 6.07) is 13.1. The van der Waals surface area contributed by atoms with Gasteiger partial charge in [-0.3, -0.25) is 0 Å². The van der Waals surface area contributed by atoms with E-state index < -0.39 is 0 Å². The van der Waals surface area contributed by atoms with Crippen LogP contribution in [0.3, 0.4) is 0 Å². The zero-order valence-electron chi connectivity index (χ0n) is 19.6. The summed E-state index contributed by atoms with van der Waals surface area (Å²) in [7, 11) is 6.94. The SMILES string of the molecule is COCCN(CCOC)c1ccc2c(c1)Sc1cc(N(CCOC)CCOC)ccc1N2. The summed E-state index contributed by atoms with van der Waals surface area (Å²) < 4.78 is 21.2. The number of nitrogens with zero attached hydrogens (tertiary/aromatic N) is 2. The molecule has 1 N–H and O–H groups in total. The van der Waals surface area contributed by atoms with E-state index in [1.807, 2.05) is 0 Å². The lowest BCUT2D eigenvalue weighted by Crippen LogP contribution is -2.30. The summed E-state index contributed by atoms with van der Waals surface area (Å²) in [4.78, 5) is 7.04. The van der Waals surface area contributed by atoms with Crippen molar-refractivity contribution < 1.29 is 18.9 Å². The summed E-state index contributed by atoms with van der Waals surface area (Å²) in [5.41, 5.74) is 4.61. The van der Waals surface area contributed by atoms with Gasteiger partial charge in [-0.25, -0.2) is 0 Å². The van der Waals surface area contributed by atoms with Gasteiger partial charge >= 0.3 is 0 Å². The molecule has 0 aliphatic carbocycles. The minimum Gasteiger partial charge on any atom is -0.383 e. The van der Waals surface area contributed by atoms with Gasteiger partial charge in [-0.15, -0.1) is 0 Å². The lowest BCUT2D eigenvalue weighted by atomic mass is 10.2. The van der Waals surface area contributed by atoms with Crippen LogP contribution in [-0.2, 0) is 18.9 Å². The molecule has 3 rings (SSSR count). The molecule has 8 heteroatoms. The summed E-state index contributed by atoms with van der Waals surface area (Å²) in [6.07, 6.45) is 0. The van der Waals surface area contributed by atoms with Gasteiger partial charge < -0.3 is 34.1 Å². The van der Waals surface area contributed by atoms with Gasteiger partial charge in [0.1, 0.15) is 0 Å². The van der Waals surface area contributed by atoms with Crippen molar-refractivity contribution in [2.45, 2.75) is 9.79 Å².